The highest BCUT2D eigenvalue weighted by atomic mass is 31.2. The van der Waals surface area contributed by atoms with Crippen LogP contribution in [0.4, 0.5) is 0 Å². The van der Waals surface area contributed by atoms with Crippen LogP contribution in [0.5, 0.6) is 0 Å². The number of phosphoric ester groups is 1. The molecule has 68 heavy (non-hydrogen) atoms. The topological polar surface area (TPSA) is 114 Å². The van der Waals surface area contributed by atoms with Gasteiger partial charge < -0.3 is 28.5 Å². The third kappa shape index (κ3) is 48.7. The molecule has 0 aliphatic heterocycles. The number of nitrogens with one attached hydrogen (secondary N) is 1. The molecule has 0 saturated carbocycles. The van der Waals surface area contributed by atoms with E-state index in [0.717, 1.165) is 77.0 Å². The summed E-state index contributed by atoms with van der Waals surface area (Å²) in [6.07, 6.45) is 59.0. The first-order chi connectivity index (χ1) is 32.9. The molecule has 0 aliphatic carbocycles. The van der Waals surface area contributed by atoms with Crippen LogP contribution in [0.1, 0.15) is 245 Å². The average Bonchev–Trinajstić information content (AvgIpc) is 3.29. The second-order valence-corrected chi connectivity index (χ2v) is 21.5. The van der Waals surface area contributed by atoms with Gasteiger partial charge in [0.2, 0.25) is 5.91 Å². The van der Waals surface area contributed by atoms with Gasteiger partial charge in [0.1, 0.15) is 19.3 Å². The first-order valence-electron chi connectivity index (χ1n) is 28.1. The van der Waals surface area contributed by atoms with Gasteiger partial charge in [0.05, 0.1) is 33.8 Å². The Morgan fingerprint density at radius 2 is 0.897 bits per heavy atom. The van der Waals surface area contributed by atoms with E-state index in [9.17, 15) is 19.0 Å². The van der Waals surface area contributed by atoms with Gasteiger partial charge in [-0.2, -0.15) is 0 Å². The number of ether oxygens (including phenoxy) is 1. The minimum absolute atomic E-state index is 0.0280. The molecule has 0 aliphatic rings. The molecule has 1 amide bonds. The van der Waals surface area contributed by atoms with E-state index in [1.165, 1.54) is 128 Å². The summed E-state index contributed by atoms with van der Waals surface area (Å²) in [7, 11) is 1.17. The van der Waals surface area contributed by atoms with Gasteiger partial charge in [0, 0.05) is 12.8 Å². The van der Waals surface area contributed by atoms with Crippen molar-refractivity contribution in [2.24, 2.45) is 0 Å². The van der Waals surface area contributed by atoms with Gasteiger partial charge >= 0.3 is 5.97 Å². The molecule has 0 radical (unpaired) electrons. The molecule has 0 heterocycles. The van der Waals surface area contributed by atoms with Crippen molar-refractivity contribution >= 4 is 19.7 Å². The Kier molecular flexibility index (Phi) is 46.7. The van der Waals surface area contributed by atoms with E-state index < -0.39 is 26.6 Å². The van der Waals surface area contributed by atoms with Crippen LogP contribution in [0.25, 0.3) is 0 Å². The molecule has 0 aromatic carbocycles. The number of allylic oxidation sites excluding steroid dienone is 9. The summed E-state index contributed by atoms with van der Waals surface area (Å²) in [4.78, 5) is 39.7. The summed E-state index contributed by atoms with van der Waals surface area (Å²) in [5.41, 5.74) is 0. The van der Waals surface area contributed by atoms with Crippen molar-refractivity contribution in [2.45, 2.75) is 258 Å². The summed E-state index contributed by atoms with van der Waals surface area (Å²) in [5, 5.41) is 3.00. The van der Waals surface area contributed by atoms with Gasteiger partial charge in [-0.25, -0.2) is 0 Å². The van der Waals surface area contributed by atoms with Crippen molar-refractivity contribution in [1.29, 1.82) is 0 Å². The highest BCUT2D eigenvalue weighted by Gasteiger charge is 2.27. The highest BCUT2D eigenvalue weighted by Crippen LogP contribution is 2.38. The predicted molar refractivity (Wildman–Crippen MR) is 289 cm³/mol. The lowest BCUT2D eigenvalue weighted by Gasteiger charge is -2.30. The number of hydrogen-bond donors (Lipinski definition) is 1. The zero-order chi connectivity index (χ0) is 50.1. The smallest absolute Gasteiger partial charge is 0.306 e. The Morgan fingerprint density at radius 3 is 1.38 bits per heavy atom. The second-order valence-electron chi connectivity index (χ2n) is 20.1. The van der Waals surface area contributed by atoms with E-state index in [4.69, 9.17) is 13.8 Å². The Morgan fingerprint density at radius 1 is 0.515 bits per heavy atom. The predicted octanol–water partition coefficient (Wildman–Crippen LogP) is 16.1. The van der Waals surface area contributed by atoms with Crippen molar-refractivity contribution in [3.05, 3.63) is 60.8 Å². The first kappa shape index (κ1) is 65.7. The fourth-order valence-electron chi connectivity index (χ4n) is 7.80. The lowest BCUT2D eigenvalue weighted by molar-refractivity contribution is -0.870. The monoisotopic (exact) mass is 975 g/mol. The Bertz CT molecular complexity index is 1350. The normalized spacial score (nSPS) is 14.3. The molecule has 0 rings (SSSR count). The number of hydrogen-bond acceptors (Lipinski definition) is 7. The van der Waals surface area contributed by atoms with Gasteiger partial charge in [0.25, 0.3) is 7.82 Å². The van der Waals surface area contributed by atoms with Gasteiger partial charge in [-0.05, 0) is 76.7 Å². The lowest BCUT2D eigenvalue weighted by Crippen LogP contribution is -2.47. The summed E-state index contributed by atoms with van der Waals surface area (Å²) in [6, 6.07) is -0.898. The molecule has 3 atom stereocenters. The minimum atomic E-state index is -4.70. The van der Waals surface area contributed by atoms with Crippen LogP contribution in [-0.2, 0) is 27.9 Å². The molecule has 1 N–H and O–H groups in total. The standard InChI is InChI=1S/C58H107N2O7P/c1-7-10-13-16-19-22-25-27-28-29-30-31-32-33-36-39-42-45-48-51-58(62)67-56(49-46-43-40-37-35-26-23-20-17-14-11-8-2)55(54-66-68(63,64)65-53-52-60(4,5)6)59-57(61)50-47-44-41-38-34-24-21-18-15-12-9-3/h19,22,27-28,30-31,33,36,46,49,55-56H,7-18,20-21,23-26,29,32,34-35,37-45,47-48,50-54H2,1-6H3,(H-,59,61,63,64)/b22-19-,28-27-,31-30-,36-33-,49-46+. The molecule has 0 spiro atoms. The van der Waals surface area contributed by atoms with E-state index >= 15 is 0 Å². The molecule has 0 fully saturated rings. The number of esters is 1. The van der Waals surface area contributed by atoms with E-state index in [1.54, 1.807) is 0 Å². The molecule has 0 aromatic heterocycles. The lowest BCUT2D eigenvalue weighted by atomic mass is 10.0. The van der Waals surface area contributed by atoms with Crippen LogP contribution in [0.2, 0.25) is 0 Å². The van der Waals surface area contributed by atoms with E-state index in [-0.39, 0.29) is 24.9 Å². The molecular formula is C58H107N2O7P. The van der Waals surface area contributed by atoms with Crippen LogP contribution >= 0.6 is 7.82 Å². The molecule has 0 saturated heterocycles. The van der Waals surface area contributed by atoms with E-state index in [1.807, 2.05) is 33.3 Å². The maximum absolute atomic E-state index is 13.4. The third-order valence-corrected chi connectivity index (χ3v) is 13.2. The summed E-state index contributed by atoms with van der Waals surface area (Å²) >= 11 is 0. The maximum atomic E-state index is 13.4. The number of quaternary nitrogens is 1. The minimum Gasteiger partial charge on any atom is -0.756 e. The first-order valence-corrected chi connectivity index (χ1v) is 29.6. The van der Waals surface area contributed by atoms with Crippen molar-refractivity contribution in [3.8, 4) is 0 Å². The van der Waals surface area contributed by atoms with Gasteiger partial charge in [-0.15, -0.1) is 0 Å². The van der Waals surface area contributed by atoms with Crippen molar-refractivity contribution in [2.75, 3.05) is 40.9 Å². The third-order valence-electron chi connectivity index (χ3n) is 12.2. The van der Waals surface area contributed by atoms with Crippen LogP contribution in [0.3, 0.4) is 0 Å². The molecule has 0 bridgehead atoms. The molecule has 9 nitrogen and oxygen atoms in total. The van der Waals surface area contributed by atoms with Crippen molar-refractivity contribution in [1.82, 2.24) is 5.32 Å². The molecular weight excluding hydrogens is 868 g/mol. The maximum Gasteiger partial charge on any atom is 0.306 e. The van der Waals surface area contributed by atoms with Crippen LogP contribution in [0, 0.1) is 0 Å². The summed E-state index contributed by atoms with van der Waals surface area (Å²) < 4.78 is 30.1. The van der Waals surface area contributed by atoms with Crippen molar-refractivity contribution in [3.63, 3.8) is 0 Å². The molecule has 0 aromatic rings. The number of amides is 1. The Balaban J connectivity index is 5.39. The number of rotatable bonds is 50. The SMILES string of the molecule is CCCCC/C=C\C/C=C\C/C=C\C/C=C\CCCCCC(=O)OC(/C=C/CCCCCCCCCCCC)C(COP(=O)([O-])OCC[N+](C)(C)C)NC(=O)CCCCCCCCCCCCC. The number of unbranched alkanes of at least 4 members (excludes halogenated alkanes) is 26. The largest absolute Gasteiger partial charge is 0.756 e. The number of likely N-dealkylation sites (N-methyl/N-ethyl adjacent to an activating group) is 1. The highest BCUT2D eigenvalue weighted by molar-refractivity contribution is 7.45. The van der Waals surface area contributed by atoms with Gasteiger partial charge in [0.15, 0.2) is 0 Å². The number of phosphoric acid groups is 1. The number of carbonyl (C=O) groups excluding carboxylic acids is 2. The van der Waals surface area contributed by atoms with Crippen LogP contribution in [0.15, 0.2) is 60.8 Å². The average molecular weight is 975 g/mol. The molecule has 3 unspecified atom stereocenters. The van der Waals surface area contributed by atoms with E-state index in [2.05, 4.69) is 74.7 Å². The van der Waals surface area contributed by atoms with Gasteiger partial charge in [-0.1, -0.05) is 217 Å². The molecule has 10 heteroatoms. The number of carbonyl (C=O) groups is 2. The van der Waals surface area contributed by atoms with Gasteiger partial charge in [-0.3, -0.25) is 14.2 Å². The fraction of sp³-hybridized carbons (Fsp3) is 0.793. The summed E-state index contributed by atoms with van der Waals surface area (Å²) in [5.74, 6) is -0.576. The summed E-state index contributed by atoms with van der Waals surface area (Å²) in [6.45, 7) is 6.78. The second kappa shape index (κ2) is 48.3. The van der Waals surface area contributed by atoms with Crippen LogP contribution in [-0.4, -0.2) is 69.4 Å². The number of nitrogens with zero attached hydrogens (tertiary/aromatic N) is 1. The zero-order valence-corrected chi connectivity index (χ0v) is 45.9. The van der Waals surface area contributed by atoms with E-state index in [0.29, 0.717) is 23.9 Å². The fourth-order valence-corrected chi connectivity index (χ4v) is 8.52. The zero-order valence-electron chi connectivity index (χ0n) is 45.1. The quantitative estimate of drug-likeness (QED) is 0.0212. The Hall–Kier alpha value is -2.29. The van der Waals surface area contributed by atoms with Crippen LogP contribution < -0.4 is 10.2 Å². The Labute approximate surface area is 420 Å². The molecule has 396 valence electrons. The van der Waals surface area contributed by atoms with Crippen molar-refractivity contribution < 1.29 is 37.3 Å².